The lowest BCUT2D eigenvalue weighted by Gasteiger charge is -2.35. The number of rotatable bonds is 6. The minimum absolute atomic E-state index is 0.256. The second-order valence-electron chi connectivity index (χ2n) is 8.12. The molecule has 3 aromatic carbocycles. The topological polar surface area (TPSA) is 89.7 Å². The van der Waals surface area contributed by atoms with Crippen LogP contribution in [0.5, 0.6) is 11.5 Å². The standard InChI is InChI=1S/C27H23FN4O4/c1-16-23(26-30-25(31-36-26)18-6-14-22(35-3)15-7-18)24(17-4-12-21(34-2)13-5-17)29-27(33)32(16)20-10-8-19(28)9-11-20/h4-15,24H,1-3H3,(H,29,33). The third-order valence-corrected chi connectivity index (χ3v) is 6.02. The summed E-state index contributed by atoms with van der Waals surface area (Å²) in [7, 11) is 3.19. The molecule has 0 aliphatic carbocycles. The number of hydrogen-bond donors (Lipinski definition) is 1. The summed E-state index contributed by atoms with van der Waals surface area (Å²) in [6.07, 6.45) is 0. The van der Waals surface area contributed by atoms with Crippen LogP contribution >= 0.6 is 0 Å². The fraction of sp³-hybridized carbons (Fsp3) is 0.148. The van der Waals surface area contributed by atoms with Gasteiger partial charge in [0.05, 0.1) is 31.5 Å². The predicted molar refractivity (Wildman–Crippen MR) is 132 cm³/mol. The number of halogens is 1. The Balaban J connectivity index is 1.62. The molecule has 36 heavy (non-hydrogen) atoms. The second kappa shape index (κ2) is 9.53. The molecule has 0 spiro atoms. The summed E-state index contributed by atoms with van der Waals surface area (Å²) >= 11 is 0. The number of urea groups is 1. The van der Waals surface area contributed by atoms with Crippen LogP contribution in [0.2, 0.25) is 0 Å². The molecule has 2 amide bonds. The summed E-state index contributed by atoms with van der Waals surface area (Å²) < 4.78 is 29.8. The molecule has 1 atom stereocenters. The maximum Gasteiger partial charge on any atom is 0.326 e. The lowest BCUT2D eigenvalue weighted by molar-refractivity contribution is 0.244. The van der Waals surface area contributed by atoms with Gasteiger partial charge in [-0.2, -0.15) is 4.98 Å². The van der Waals surface area contributed by atoms with Gasteiger partial charge >= 0.3 is 6.03 Å². The fourth-order valence-electron chi connectivity index (χ4n) is 4.16. The molecule has 1 unspecified atom stereocenters. The van der Waals surface area contributed by atoms with Gasteiger partial charge < -0.3 is 19.3 Å². The Morgan fingerprint density at radius 1 is 0.917 bits per heavy atom. The molecule has 0 radical (unpaired) electrons. The summed E-state index contributed by atoms with van der Waals surface area (Å²) in [6, 6.07) is 19.4. The van der Waals surface area contributed by atoms with Crippen molar-refractivity contribution in [1.82, 2.24) is 15.5 Å². The van der Waals surface area contributed by atoms with E-state index < -0.39 is 11.9 Å². The number of hydrogen-bond acceptors (Lipinski definition) is 6. The van der Waals surface area contributed by atoms with Gasteiger partial charge in [-0.25, -0.2) is 9.18 Å². The molecule has 8 nitrogen and oxygen atoms in total. The Kier molecular flexibility index (Phi) is 6.12. The van der Waals surface area contributed by atoms with Crippen LogP contribution in [-0.4, -0.2) is 30.4 Å². The van der Waals surface area contributed by atoms with Crippen LogP contribution in [0, 0.1) is 5.82 Å². The third-order valence-electron chi connectivity index (χ3n) is 6.02. The minimum Gasteiger partial charge on any atom is -0.497 e. The van der Waals surface area contributed by atoms with Crippen LogP contribution in [0.4, 0.5) is 14.9 Å². The quantitative estimate of drug-likeness (QED) is 0.382. The van der Waals surface area contributed by atoms with Crippen molar-refractivity contribution in [2.24, 2.45) is 0 Å². The highest BCUT2D eigenvalue weighted by molar-refractivity contribution is 6.01. The highest BCUT2D eigenvalue weighted by Gasteiger charge is 2.36. The first-order chi connectivity index (χ1) is 17.5. The molecule has 0 bridgehead atoms. The molecule has 1 N–H and O–H groups in total. The average molecular weight is 487 g/mol. The van der Waals surface area contributed by atoms with Crippen LogP contribution in [-0.2, 0) is 0 Å². The molecule has 0 fully saturated rings. The first kappa shape index (κ1) is 23.1. The Morgan fingerprint density at radius 3 is 2.14 bits per heavy atom. The van der Waals surface area contributed by atoms with E-state index in [4.69, 9.17) is 14.0 Å². The monoisotopic (exact) mass is 486 g/mol. The van der Waals surface area contributed by atoms with Crippen molar-refractivity contribution in [2.45, 2.75) is 13.0 Å². The number of anilines is 1. The van der Waals surface area contributed by atoms with Crippen molar-refractivity contribution in [2.75, 3.05) is 19.1 Å². The number of ether oxygens (including phenoxy) is 2. The molecule has 0 saturated heterocycles. The van der Waals surface area contributed by atoms with Gasteiger partial charge in [0.2, 0.25) is 5.82 Å². The van der Waals surface area contributed by atoms with Crippen molar-refractivity contribution in [3.8, 4) is 22.9 Å². The zero-order chi connectivity index (χ0) is 25.2. The molecule has 182 valence electrons. The summed E-state index contributed by atoms with van der Waals surface area (Å²) in [4.78, 5) is 19.4. The Bertz CT molecular complexity index is 1410. The Labute approximate surface area is 207 Å². The highest BCUT2D eigenvalue weighted by Crippen LogP contribution is 2.39. The summed E-state index contributed by atoms with van der Waals surface area (Å²) in [6.45, 7) is 1.80. The molecule has 5 rings (SSSR count). The average Bonchev–Trinajstić information content (AvgIpc) is 3.39. The van der Waals surface area contributed by atoms with Gasteiger partial charge in [0.15, 0.2) is 0 Å². The number of carbonyl (C=O) groups is 1. The van der Waals surface area contributed by atoms with E-state index in [1.807, 2.05) is 48.5 Å². The SMILES string of the molecule is COc1ccc(-c2noc(C3=C(C)N(c4ccc(F)cc4)C(=O)NC3c3ccc(OC)cc3)n2)cc1. The van der Waals surface area contributed by atoms with Crippen LogP contribution in [0.3, 0.4) is 0 Å². The van der Waals surface area contributed by atoms with E-state index in [1.54, 1.807) is 33.3 Å². The van der Waals surface area contributed by atoms with E-state index in [0.29, 0.717) is 34.3 Å². The molecule has 2 heterocycles. The van der Waals surface area contributed by atoms with E-state index in [1.165, 1.54) is 17.0 Å². The smallest absolute Gasteiger partial charge is 0.326 e. The largest absolute Gasteiger partial charge is 0.497 e. The first-order valence-corrected chi connectivity index (χ1v) is 11.2. The van der Waals surface area contributed by atoms with Crippen LogP contribution < -0.4 is 19.7 Å². The van der Waals surface area contributed by atoms with Gasteiger partial charge in [0, 0.05) is 11.3 Å². The van der Waals surface area contributed by atoms with E-state index in [9.17, 15) is 9.18 Å². The first-order valence-electron chi connectivity index (χ1n) is 11.2. The molecule has 1 aliphatic rings. The van der Waals surface area contributed by atoms with Crippen molar-refractivity contribution < 1.29 is 23.2 Å². The number of nitrogens with zero attached hydrogens (tertiary/aromatic N) is 3. The minimum atomic E-state index is -0.565. The number of carbonyl (C=O) groups excluding carboxylic acids is 1. The van der Waals surface area contributed by atoms with Crippen LogP contribution in [0.1, 0.15) is 24.4 Å². The zero-order valence-corrected chi connectivity index (χ0v) is 19.9. The van der Waals surface area contributed by atoms with E-state index in [0.717, 1.165) is 11.1 Å². The van der Waals surface area contributed by atoms with Crippen LogP contribution in [0.15, 0.2) is 83.0 Å². The maximum atomic E-state index is 13.6. The molecule has 4 aromatic rings. The number of allylic oxidation sites excluding steroid dienone is 1. The zero-order valence-electron chi connectivity index (χ0n) is 19.9. The van der Waals surface area contributed by atoms with Gasteiger partial charge in [-0.15, -0.1) is 0 Å². The number of methoxy groups -OCH3 is 2. The highest BCUT2D eigenvalue weighted by atomic mass is 19.1. The van der Waals surface area contributed by atoms with Crippen LogP contribution in [0.25, 0.3) is 17.0 Å². The number of benzene rings is 3. The molecule has 1 aliphatic heterocycles. The second-order valence-corrected chi connectivity index (χ2v) is 8.12. The van der Waals surface area contributed by atoms with Gasteiger partial charge in [0.25, 0.3) is 5.89 Å². The van der Waals surface area contributed by atoms with E-state index in [-0.39, 0.29) is 11.9 Å². The molecular formula is C27H23FN4O4. The lowest BCUT2D eigenvalue weighted by atomic mass is 9.94. The molecule has 9 heteroatoms. The van der Waals surface area contributed by atoms with Gasteiger partial charge in [-0.1, -0.05) is 17.3 Å². The Morgan fingerprint density at radius 2 is 1.53 bits per heavy atom. The summed E-state index contributed by atoms with van der Waals surface area (Å²) in [5.74, 6) is 1.66. The van der Waals surface area contributed by atoms with Gasteiger partial charge in [-0.05, 0) is 73.2 Å². The molecular weight excluding hydrogens is 463 g/mol. The van der Waals surface area contributed by atoms with Gasteiger partial charge in [0.1, 0.15) is 17.3 Å². The Hall–Kier alpha value is -4.66. The number of nitrogens with one attached hydrogen (secondary N) is 1. The summed E-state index contributed by atoms with van der Waals surface area (Å²) in [5.41, 5.74) is 3.26. The van der Waals surface area contributed by atoms with Gasteiger partial charge in [-0.3, -0.25) is 4.90 Å². The van der Waals surface area contributed by atoms with E-state index in [2.05, 4.69) is 15.5 Å². The molecule has 0 saturated carbocycles. The number of aromatic nitrogens is 2. The van der Waals surface area contributed by atoms with Crippen molar-refractivity contribution in [3.05, 3.63) is 95.8 Å². The predicted octanol–water partition coefficient (Wildman–Crippen LogP) is 5.60. The van der Waals surface area contributed by atoms with Crippen molar-refractivity contribution in [1.29, 1.82) is 0 Å². The van der Waals surface area contributed by atoms with Crippen molar-refractivity contribution >= 4 is 17.3 Å². The van der Waals surface area contributed by atoms with Crippen molar-refractivity contribution in [3.63, 3.8) is 0 Å². The third kappa shape index (κ3) is 4.26. The maximum absolute atomic E-state index is 13.6. The lowest BCUT2D eigenvalue weighted by Crippen LogP contribution is -2.46. The molecule has 1 aromatic heterocycles. The van der Waals surface area contributed by atoms with E-state index >= 15 is 0 Å². The normalized spacial score (nSPS) is 15.6. The summed E-state index contributed by atoms with van der Waals surface area (Å²) in [5, 5.41) is 7.20. The fourth-order valence-corrected chi connectivity index (χ4v) is 4.16. The number of amides is 2.